The van der Waals surface area contributed by atoms with Crippen molar-refractivity contribution in [3.63, 3.8) is 0 Å². The van der Waals surface area contributed by atoms with E-state index in [1.807, 2.05) is 19.2 Å². The molecule has 0 fully saturated rings. The number of anilines is 1. The van der Waals surface area contributed by atoms with E-state index in [4.69, 9.17) is 0 Å². The van der Waals surface area contributed by atoms with Gasteiger partial charge < -0.3 is 10.0 Å². The van der Waals surface area contributed by atoms with Gasteiger partial charge in [-0.05, 0) is 33.3 Å². The van der Waals surface area contributed by atoms with Gasteiger partial charge in [-0.3, -0.25) is 0 Å². The zero-order valence-corrected chi connectivity index (χ0v) is 10.9. The van der Waals surface area contributed by atoms with Gasteiger partial charge >= 0.3 is 0 Å². The summed E-state index contributed by atoms with van der Waals surface area (Å²) in [6.07, 6.45) is 2.31. The molecule has 3 nitrogen and oxygen atoms in total. The summed E-state index contributed by atoms with van der Waals surface area (Å²) in [6, 6.07) is 3.79. The number of hydrogen-bond donors (Lipinski definition) is 1. The van der Waals surface area contributed by atoms with Crippen molar-refractivity contribution in [2.24, 2.45) is 0 Å². The maximum absolute atomic E-state index is 9.73. The average Bonchev–Trinajstić information content (AvgIpc) is 2.28. The lowest BCUT2D eigenvalue weighted by Gasteiger charge is -2.37. The molecule has 0 aromatic carbocycles. The first-order valence-corrected chi connectivity index (χ1v) is 5.77. The summed E-state index contributed by atoms with van der Waals surface area (Å²) in [5.74, 6) is 0.865. The zero-order chi connectivity index (χ0) is 12.3. The highest BCUT2D eigenvalue weighted by molar-refractivity contribution is 5.49. The van der Waals surface area contributed by atoms with Crippen LogP contribution >= 0.6 is 0 Å². The normalized spacial score (nSPS) is 13.6. The standard InChI is InChI=1S/C13H22N2O/c1-6-13(3,4)15(5)12-11(10(2)16)8-7-9-14-12/h7-10,16H,6H2,1-5H3/t10-/m1/s1. The molecule has 90 valence electrons. The molecule has 16 heavy (non-hydrogen) atoms. The highest BCUT2D eigenvalue weighted by Crippen LogP contribution is 2.29. The van der Waals surface area contributed by atoms with Crippen molar-refractivity contribution >= 4 is 5.82 Å². The second-order valence-corrected chi connectivity index (χ2v) is 4.82. The third-order valence-electron chi connectivity index (χ3n) is 3.36. The van der Waals surface area contributed by atoms with Gasteiger partial charge in [0.15, 0.2) is 0 Å². The third kappa shape index (κ3) is 2.53. The monoisotopic (exact) mass is 222 g/mol. The number of aliphatic hydroxyl groups excluding tert-OH is 1. The van der Waals surface area contributed by atoms with Crippen LogP contribution in [0.2, 0.25) is 0 Å². The summed E-state index contributed by atoms with van der Waals surface area (Å²) in [4.78, 5) is 6.51. The molecule has 0 saturated carbocycles. The lowest BCUT2D eigenvalue weighted by molar-refractivity contribution is 0.199. The first-order valence-electron chi connectivity index (χ1n) is 5.77. The molecular formula is C13H22N2O. The summed E-state index contributed by atoms with van der Waals surface area (Å²) < 4.78 is 0. The quantitative estimate of drug-likeness (QED) is 0.851. The van der Waals surface area contributed by atoms with Gasteiger partial charge in [0.1, 0.15) is 5.82 Å². The molecule has 1 aromatic rings. The molecule has 1 aromatic heterocycles. The molecule has 1 rings (SSSR count). The molecule has 0 amide bonds. The van der Waals surface area contributed by atoms with Gasteiger partial charge in [-0.1, -0.05) is 13.0 Å². The lowest BCUT2D eigenvalue weighted by Crippen LogP contribution is -2.41. The maximum atomic E-state index is 9.73. The summed E-state index contributed by atoms with van der Waals surface area (Å²) >= 11 is 0. The molecule has 0 aliphatic carbocycles. The fraction of sp³-hybridized carbons (Fsp3) is 0.615. The molecule has 0 bridgehead atoms. The van der Waals surface area contributed by atoms with Gasteiger partial charge in [0.05, 0.1) is 6.10 Å². The van der Waals surface area contributed by atoms with Crippen LogP contribution in [0.1, 0.15) is 45.8 Å². The largest absolute Gasteiger partial charge is 0.389 e. The third-order valence-corrected chi connectivity index (χ3v) is 3.36. The number of nitrogens with zero attached hydrogens (tertiary/aromatic N) is 2. The number of hydrogen-bond acceptors (Lipinski definition) is 3. The Bertz CT molecular complexity index is 348. The molecule has 1 atom stereocenters. The minimum absolute atomic E-state index is 0.0397. The van der Waals surface area contributed by atoms with Crippen molar-refractivity contribution in [2.75, 3.05) is 11.9 Å². The van der Waals surface area contributed by atoms with Gasteiger partial charge in [0.25, 0.3) is 0 Å². The Hall–Kier alpha value is -1.09. The Morgan fingerprint density at radius 2 is 2.12 bits per heavy atom. The van der Waals surface area contributed by atoms with Crippen LogP contribution in [0.5, 0.6) is 0 Å². The van der Waals surface area contributed by atoms with Crippen molar-refractivity contribution in [1.29, 1.82) is 0 Å². The van der Waals surface area contributed by atoms with Gasteiger partial charge in [0, 0.05) is 24.3 Å². The second kappa shape index (κ2) is 4.83. The average molecular weight is 222 g/mol. The van der Waals surface area contributed by atoms with E-state index in [9.17, 15) is 5.11 Å². The molecule has 0 saturated heterocycles. The molecule has 0 aliphatic rings. The maximum Gasteiger partial charge on any atom is 0.134 e. The predicted molar refractivity (Wildman–Crippen MR) is 67.6 cm³/mol. The van der Waals surface area contributed by atoms with E-state index < -0.39 is 6.10 Å². The smallest absolute Gasteiger partial charge is 0.134 e. The van der Waals surface area contributed by atoms with Gasteiger partial charge in [-0.15, -0.1) is 0 Å². The Balaban J connectivity index is 3.13. The van der Waals surface area contributed by atoms with Crippen LogP contribution < -0.4 is 4.90 Å². The highest BCUT2D eigenvalue weighted by atomic mass is 16.3. The minimum atomic E-state index is -0.487. The van der Waals surface area contributed by atoms with Crippen molar-refractivity contribution in [1.82, 2.24) is 4.98 Å². The molecule has 1 N–H and O–H groups in total. The van der Waals surface area contributed by atoms with E-state index in [0.29, 0.717) is 0 Å². The predicted octanol–water partition coefficient (Wildman–Crippen LogP) is 2.76. The lowest BCUT2D eigenvalue weighted by atomic mass is 9.99. The fourth-order valence-electron chi connectivity index (χ4n) is 1.54. The molecule has 3 heteroatoms. The van der Waals surface area contributed by atoms with Crippen molar-refractivity contribution < 1.29 is 5.11 Å². The molecule has 1 heterocycles. The van der Waals surface area contributed by atoms with Crippen LogP contribution in [0.3, 0.4) is 0 Å². The van der Waals surface area contributed by atoms with Crippen LogP contribution in [0, 0.1) is 0 Å². The van der Waals surface area contributed by atoms with Crippen LogP contribution in [-0.4, -0.2) is 22.7 Å². The minimum Gasteiger partial charge on any atom is -0.389 e. The van der Waals surface area contributed by atoms with Gasteiger partial charge in [-0.2, -0.15) is 0 Å². The van der Waals surface area contributed by atoms with E-state index in [1.54, 1.807) is 13.1 Å². The number of pyridine rings is 1. The van der Waals surface area contributed by atoms with Crippen LogP contribution in [0.25, 0.3) is 0 Å². The second-order valence-electron chi connectivity index (χ2n) is 4.82. The fourth-order valence-corrected chi connectivity index (χ4v) is 1.54. The highest BCUT2D eigenvalue weighted by Gasteiger charge is 2.25. The summed E-state index contributed by atoms with van der Waals surface area (Å²) in [5, 5.41) is 9.73. The number of aliphatic hydroxyl groups is 1. The van der Waals surface area contributed by atoms with E-state index in [-0.39, 0.29) is 5.54 Å². The van der Waals surface area contributed by atoms with Gasteiger partial charge in [0.2, 0.25) is 0 Å². The Morgan fingerprint density at radius 1 is 1.50 bits per heavy atom. The Morgan fingerprint density at radius 3 is 2.62 bits per heavy atom. The molecule has 0 spiro atoms. The molecule has 0 unspecified atom stereocenters. The number of rotatable bonds is 4. The summed E-state index contributed by atoms with van der Waals surface area (Å²) in [6.45, 7) is 8.27. The zero-order valence-electron chi connectivity index (χ0n) is 10.9. The Kier molecular flexibility index (Phi) is 3.92. The summed E-state index contributed by atoms with van der Waals surface area (Å²) in [5.41, 5.74) is 0.921. The molecule has 0 aliphatic heterocycles. The molecule has 0 radical (unpaired) electrons. The van der Waals surface area contributed by atoms with E-state index >= 15 is 0 Å². The van der Waals surface area contributed by atoms with Crippen molar-refractivity contribution in [2.45, 2.75) is 45.8 Å². The van der Waals surface area contributed by atoms with Crippen LogP contribution in [-0.2, 0) is 0 Å². The first kappa shape index (κ1) is 13.0. The van der Waals surface area contributed by atoms with E-state index in [2.05, 4.69) is 30.7 Å². The molecular weight excluding hydrogens is 200 g/mol. The van der Waals surface area contributed by atoms with E-state index in [1.165, 1.54) is 0 Å². The van der Waals surface area contributed by atoms with E-state index in [0.717, 1.165) is 17.8 Å². The van der Waals surface area contributed by atoms with Crippen molar-refractivity contribution in [3.8, 4) is 0 Å². The topological polar surface area (TPSA) is 36.4 Å². The van der Waals surface area contributed by atoms with Crippen LogP contribution in [0.15, 0.2) is 18.3 Å². The summed E-state index contributed by atoms with van der Waals surface area (Å²) in [7, 11) is 2.03. The van der Waals surface area contributed by atoms with Gasteiger partial charge in [-0.25, -0.2) is 4.98 Å². The van der Waals surface area contributed by atoms with Crippen molar-refractivity contribution in [3.05, 3.63) is 23.9 Å². The Labute approximate surface area is 98.1 Å². The first-order chi connectivity index (χ1) is 7.40. The van der Waals surface area contributed by atoms with Crippen LogP contribution in [0.4, 0.5) is 5.82 Å². The number of aromatic nitrogens is 1. The SMILES string of the molecule is CCC(C)(C)N(C)c1ncccc1[C@@H](C)O.